The minimum atomic E-state index is -0.296. The monoisotopic (exact) mass is 274 g/mol. The maximum absolute atomic E-state index is 13.8. The second kappa shape index (κ2) is 4.29. The second-order valence-electron chi connectivity index (χ2n) is 5.73. The van der Waals surface area contributed by atoms with Gasteiger partial charge in [0.2, 0.25) is 0 Å². The fraction of sp³-hybridized carbons (Fsp3) is 0.100. The van der Waals surface area contributed by atoms with E-state index in [1.54, 1.807) is 12.1 Å². The van der Waals surface area contributed by atoms with E-state index in [0.717, 1.165) is 11.1 Å². The molecule has 0 saturated heterocycles. The molecular formula is C20H15F. The van der Waals surface area contributed by atoms with E-state index in [9.17, 15) is 4.39 Å². The first-order chi connectivity index (χ1) is 10.2. The summed E-state index contributed by atoms with van der Waals surface area (Å²) in [6, 6.07) is 23.9. The fourth-order valence-corrected chi connectivity index (χ4v) is 3.55. The van der Waals surface area contributed by atoms with E-state index in [1.807, 2.05) is 30.3 Å². The SMILES string of the molecule is CC1(c2ccccc2)c2ccccc2-c2ccc(F)cc21. The van der Waals surface area contributed by atoms with Crippen molar-refractivity contribution in [1.82, 2.24) is 0 Å². The lowest BCUT2D eigenvalue weighted by Crippen LogP contribution is -2.22. The standard InChI is InChI=1S/C20H15F/c1-20(14-7-3-2-4-8-14)18-10-6-5-9-16(18)17-12-11-15(21)13-19(17)20/h2-13H,1H3. The molecule has 0 fully saturated rings. The molecule has 1 aliphatic rings. The molecule has 1 aliphatic carbocycles. The first-order valence-corrected chi connectivity index (χ1v) is 7.17. The van der Waals surface area contributed by atoms with Gasteiger partial charge < -0.3 is 0 Å². The fourth-order valence-electron chi connectivity index (χ4n) is 3.55. The van der Waals surface area contributed by atoms with E-state index in [-0.39, 0.29) is 11.2 Å². The molecule has 4 rings (SSSR count). The van der Waals surface area contributed by atoms with Crippen LogP contribution in [0.15, 0.2) is 72.8 Å². The Morgan fingerprint density at radius 1 is 0.714 bits per heavy atom. The highest BCUT2D eigenvalue weighted by Gasteiger charge is 2.40. The average molecular weight is 274 g/mol. The molecule has 0 saturated carbocycles. The molecule has 0 nitrogen and oxygen atoms in total. The highest BCUT2D eigenvalue weighted by molar-refractivity contribution is 5.83. The van der Waals surface area contributed by atoms with Crippen molar-refractivity contribution in [3.63, 3.8) is 0 Å². The van der Waals surface area contributed by atoms with Crippen LogP contribution in [0.3, 0.4) is 0 Å². The van der Waals surface area contributed by atoms with Crippen LogP contribution in [0.2, 0.25) is 0 Å². The minimum Gasteiger partial charge on any atom is -0.207 e. The smallest absolute Gasteiger partial charge is 0.123 e. The lowest BCUT2D eigenvalue weighted by Gasteiger charge is -2.28. The van der Waals surface area contributed by atoms with E-state index < -0.39 is 0 Å². The molecule has 0 heterocycles. The van der Waals surface area contributed by atoms with Crippen LogP contribution in [0, 0.1) is 5.82 Å². The molecule has 0 spiro atoms. The number of rotatable bonds is 1. The Labute approximate surface area is 123 Å². The Morgan fingerprint density at radius 3 is 2.19 bits per heavy atom. The number of hydrogen-bond donors (Lipinski definition) is 0. The molecule has 0 aliphatic heterocycles. The third kappa shape index (κ3) is 1.61. The number of fused-ring (bicyclic) bond motifs is 3. The van der Waals surface area contributed by atoms with Gasteiger partial charge in [0.25, 0.3) is 0 Å². The van der Waals surface area contributed by atoms with Crippen molar-refractivity contribution in [2.45, 2.75) is 12.3 Å². The van der Waals surface area contributed by atoms with Gasteiger partial charge in [0.05, 0.1) is 0 Å². The number of hydrogen-bond acceptors (Lipinski definition) is 0. The summed E-state index contributed by atoms with van der Waals surface area (Å²) in [7, 11) is 0. The normalized spacial score (nSPS) is 19.1. The Bertz CT molecular complexity index is 820. The summed E-state index contributed by atoms with van der Waals surface area (Å²) in [5.74, 6) is -0.177. The van der Waals surface area contributed by atoms with Crippen molar-refractivity contribution in [3.05, 3.63) is 95.3 Å². The predicted octanol–water partition coefficient (Wildman–Crippen LogP) is 5.16. The van der Waals surface area contributed by atoms with E-state index in [4.69, 9.17) is 0 Å². The summed E-state index contributed by atoms with van der Waals surface area (Å²) in [5, 5.41) is 0. The lowest BCUT2D eigenvalue weighted by molar-refractivity contribution is 0.618. The van der Waals surface area contributed by atoms with Crippen molar-refractivity contribution < 1.29 is 4.39 Å². The van der Waals surface area contributed by atoms with Gasteiger partial charge in [-0.3, -0.25) is 0 Å². The maximum atomic E-state index is 13.8. The van der Waals surface area contributed by atoms with Crippen LogP contribution in [-0.2, 0) is 5.41 Å². The Kier molecular flexibility index (Phi) is 2.52. The molecule has 102 valence electrons. The van der Waals surface area contributed by atoms with Crippen LogP contribution in [-0.4, -0.2) is 0 Å². The Morgan fingerprint density at radius 2 is 1.38 bits per heavy atom. The van der Waals surface area contributed by atoms with Gasteiger partial charge >= 0.3 is 0 Å². The van der Waals surface area contributed by atoms with Crippen LogP contribution in [0.5, 0.6) is 0 Å². The van der Waals surface area contributed by atoms with Crippen LogP contribution < -0.4 is 0 Å². The zero-order valence-electron chi connectivity index (χ0n) is 11.8. The summed E-state index contributed by atoms with van der Waals surface area (Å²) >= 11 is 0. The Hall–Kier alpha value is -2.41. The summed E-state index contributed by atoms with van der Waals surface area (Å²) in [4.78, 5) is 0. The van der Waals surface area contributed by atoms with Crippen molar-refractivity contribution in [1.29, 1.82) is 0 Å². The second-order valence-corrected chi connectivity index (χ2v) is 5.73. The molecule has 3 aromatic carbocycles. The van der Waals surface area contributed by atoms with E-state index in [1.165, 1.54) is 16.7 Å². The predicted molar refractivity (Wildman–Crippen MR) is 83.8 cm³/mol. The van der Waals surface area contributed by atoms with Gasteiger partial charge in [0, 0.05) is 5.41 Å². The van der Waals surface area contributed by atoms with Gasteiger partial charge in [0.1, 0.15) is 5.82 Å². The lowest BCUT2D eigenvalue weighted by atomic mass is 9.74. The summed E-state index contributed by atoms with van der Waals surface area (Å²) in [6.45, 7) is 2.19. The van der Waals surface area contributed by atoms with Gasteiger partial charge in [-0.15, -0.1) is 0 Å². The van der Waals surface area contributed by atoms with E-state index >= 15 is 0 Å². The molecule has 1 unspecified atom stereocenters. The van der Waals surface area contributed by atoms with Crippen molar-refractivity contribution in [2.24, 2.45) is 0 Å². The molecule has 0 amide bonds. The molecule has 21 heavy (non-hydrogen) atoms. The Balaban J connectivity index is 2.10. The van der Waals surface area contributed by atoms with Gasteiger partial charge in [-0.05, 0) is 46.9 Å². The average Bonchev–Trinajstić information content (AvgIpc) is 2.79. The molecule has 0 radical (unpaired) electrons. The highest BCUT2D eigenvalue weighted by atomic mass is 19.1. The van der Waals surface area contributed by atoms with E-state index in [2.05, 4.69) is 37.3 Å². The molecule has 0 bridgehead atoms. The van der Waals surface area contributed by atoms with E-state index in [0.29, 0.717) is 0 Å². The molecule has 0 N–H and O–H groups in total. The van der Waals surface area contributed by atoms with Crippen molar-refractivity contribution in [2.75, 3.05) is 0 Å². The van der Waals surface area contributed by atoms with Crippen LogP contribution in [0.4, 0.5) is 4.39 Å². The molecular weight excluding hydrogens is 259 g/mol. The van der Waals surface area contributed by atoms with Crippen molar-refractivity contribution >= 4 is 0 Å². The quantitative estimate of drug-likeness (QED) is 0.575. The molecule has 0 aromatic heterocycles. The van der Waals surface area contributed by atoms with Crippen LogP contribution >= 0.6 is 0 Å². The largest absolute Gasteiger partial charge is 0.207 e. The third-order valence-electron chi connectivity index (χ3n) is 4.63. The van der Waals surface area contributed by atoms with Gasteiger partial charge in [-0.2, -0.15) is 0 Å². The van der Waals surface area contributed by atoms with Crippen molar-refractivity contribution in [3.8, 4) is 11.1 Å². The third-order valence-corrected chi connectivity index (χ3v) is 4.63. The zero-order valence-corrected chi connectivity index (χ0v) is 11.8. The van der Waals surface area contributed by atoms with Crippen LogP contribution in [0.1, 0.15) is 23.6 Å². The molecule has 1 heteroatoms. The molecule has 1 atom stereocenters. The first-order valence-electron chi connectivity index (χ1n) is 7.17. The minimum absolute atomic E-state index is 0.177. The molecule has 3 aromatic rings. The summed E-state index contributed by atoms with van der Waals surface area (Å²) < 4.78 is 13.8. The maximum Gasteiger partial charge on any atom is 0.123 e. The number of benzene rings is 3. The van der Waals surface area contributed by atoms with Gasteiger partial charge in [0.15, 0.2) is 0 Å². The van der Waals surface area contributed by atoms with Gasteiger partial charge in [-0.1, -0.05) is 60.7 Å². The first kappa shape index (κ1) is 12.3. The summed E-state index contributed by atoms with van der Waals surface area (Å²) in [6.07, 6.45) is 0. The van der Waals surface area contributed by atoms with Crippen LogP contribution in [0.25, 0.3) is 11.1 Å². The zero-order chi connectivity index (χ0) is 14.4. The van der Waals surface area contributed by atoms with Gasteiger partial charge in [-0.25, -0.2) is 4.39 Å². The topological polar surface area (TPSA) is 0 Å². The summed E-state index contributed by atoms with van der Waals surface area (Å²) in [5.41, 5.74) is 5.54. The highest BCUT2D eigenvalue weighted by Crippen LogP contribution is 2.52. The number of halogens is 1.